The predicted octanol–water partition coefficient (Wildman–Crippen LogP) is 4.37. The van der Waals surface area contributed by atoms with Crippen molar-refractivity contribution in [3.8, 4) is 0 Å². The van der Waals surface area contributed by atoms with Crippen LogP contribution in [0.15, 0.2) is 0 Å². The third-order valence-corrected chi connectivity index (χ3v) is 4.18. The van der Waals surface area contributed by atoms with Crippen molar-refractivity contribution in [2.75, 3.05) is 6.54 Å². The lowest BCUT2D eigenvalue weighted by molar-refractivity contribution is 0.150. The average molecular weight is 225 g/mol. The second kappa shape index (κ2) is 5.53. The first kappa shape index (κ1) is 14.0. The highest BCUT2D eigenvalue weighted by Gasteiger charge is 2.35. The lowest BCUT2D eigenvalue weighted by Crippen LogP contribution is -2.45. The van der Waals surface area contributed by atoms with Crippen LogP contribution in [-0.2, 0) is 0 Å². The molecule has 1 nitrogen and oxygen atoms in total. The van der Waals surface area contributed by atoms with Gasteiger partial charge in [0.25, 0.3) is 0 Å². The molecule has 0 aromatic carbocycles. The maximum absolute atomic E-state index is 3.72. The fourth-order valence-electron chi connectivity index (χ4n) is 3.10. The van der Waals surface area contributed by atoms with Gasteiger partial charge < -0.3 is 5.32 Å². The number of hydrogen-bond acceptors (Lipinski definition) is 1. The predicted molar refractivity (Wildman–Crippen MR) is 72.7 cm³/mol. The molecule has 0 heterocycles. The zero-order valence-electron chi connectivity index (χ0n) is 12.0. The topological polar surface area (TPSA) is 12.0 Å². The van der Waals surface area contributed by atoms with Crippen molar-refractivity contribution in [1.82, 2.24) is 5.32 Å². The van der Waals surface area contributed by atoms with E-state index in [1.807, 2.05) is 0 Å². The SMILES string of the molecule is CCCC(C)(CNC(C)(C)C)C1CCCC1. The van der Waals surface area contributed by atoms with E-state index >= 15 is 0 Å². The smallest absolute Gasteiger partial charge is 0.00967 e. The highest BCUT2D eigenvalue weighted by molar-refractivity contribution is 4.89. The Morgan fingerprint density at radius 2 is 1.62 bits per heavy atom. The fraction of sp³-hybridized carbons (Fsp3) is 1.00. The van der Waals surface area contributed by atoms with E-state index in [0.29, 0.717) is 5.41 Å². The minimum absolute atomic E-state index is 0.258. The molecule has 1 aliphatic carbocycles. The molecule has 1 heteroatoms. The zero-order chi connectivity index (χ0) is 12.2. The van der Waals surface area contributed by atoms with Gasteiger partial charge in [-0.05, 0) is 51.4 Å². The highest BCUT2D eigenvalue weighted by atomic mass is 15.0. The van der Waals surface area contributed by atoms with Crippen molar-refractivity contribution >= 4 is 0 Å². The van der Waals surface area contributed by atoms with Crippen LogP contribution in [0.25, 0.3) is 0 Å². The van der Waals surface area contributed by atoms with Crippen LogP contribution in [0.5, 0.6) is 0 Å². The zero-order valence-corrected chi connectivity index (χ0v) is 12.0. The van der Waals surface area contributed by atoms with E-state index < -0.39 is 0 Å². The van der Waals surface area contributed by atoms with Crippen LogP contribution in [-0.4, -0.2) is 12.1 Å². The number of nitrogens with one attached hydrogen (secondary N) is 1. The van der Waals surface area contributed by atoms with E-state index in [2.05, 4.69) is 39.9 Å². The molecule has 1 fully saturated rings. The van der Waals surface area contributed by atoms with E-state index in [-0.39, 0.29) is 5.54 Å². The highest BCUT2D eigenvalue weighted by Crippen LogP contribution is 2.42. The third-order valence-electron chi connectivity index (χ3n) is 4.18. The van der Waals surface area contributed by atoms with Gasteiger partial charge in [0.2, 0.25) is 0 Å². The van der Waals surface area contributed by atoms with Gasteiger partial charge in [-0.1, -0.05) is 33.1 Å². The average Bonchev–Trinajstić information content (AvgIpc) is 2.67. The fourth-order valence-corrected chi connectivity index (χ4v) is 3.10. The van der Waals surface area contributed by atoms with Crippen LogP contribution >= 0.6 is 0 Å². The summed E-state index contributed by atoms with van der Waals surface area (Å²) in [6, 6.07) is 0. The molecule has 1 unspecified atom stereocenters. The molecule has 0 spiro atoms. The Balaban J connectivity index is 2.56. The van der Waals surface area contributed by atoms with Gasteiger partial charge in [0.15, 0.2) is 0 Å². The van der Waals surface area contributed by atoms with E-state index in [0.717, 1.165) is 5.92 Å². The van der Waals surface area contributed by atoms with Crippen LogP contribution in [0.2, 0.25) is 0 Å². The molecule has 0 aliphatic heterocycles. The summed E-state index contributed by atoms with van der Waals surface area (Å²) in [7, 11) is 0. The van der Waals surface area contributed by atoms with Gasteiger partial charge in [-0.15, -0.1) is 0 Å². The Morgan fingerprint density at radius 1 is 1.06 bits per heavy atom. The third kappa shape index (κ3) is 4.08. The van der Waals surface area contributed by atoms with Gasteiger partial charge >= 0.3 is 0 Å². The molecule has 0 amide bonds. The Hall–Kier alpha value is -0.0400. The first-order chi connectivity index (χ1) is 7.37. The summed E-state index contributed by atoms with van der Waals surface area (Å²) in [6.07, 6.45) is 8.53. The second-order valence-corrected chi connectivity index (χ2v) is 6.99. The summed E-state index contributed by atoms with van der Waals surface area (Å²) in [5, 5.41) is 3.72. The molecule has 0 saturated heterocycles. The molecule has 16 heavy (non-hydrogen) atoms. The summed E-state index contributed by atoms with van der Waals surface area (Å²) >= 11 is 0. The molecule has 0 aromatic rings. The monoisotopic (exact) mass is 225 g/mol. The standard InChI is InChI=1S/C15H31N/c1-6-11-15(5,12-16-14(2,3)4)13-9-7-8-10-13/h13,16H,6-12H2,1-5H3. The van der Waals surface area contributed by atoms with Gasteiger partial charge in [-0.2, -0.15) is 0 Å². The Labute approximate surface area is 102 Å². The van der Waals surface area contributed by atoms with Gasteiger partial charge in [-0.3, -0.25) is 0 Å². The molecular formula is C15H31N. The number of rotatable bonds is 5. The minimum atomic E-state index is 0.258. The van der Waals surface area contributed by atoms with Crippen molar-refractivity contribution in [1.29, 1.82) is 0 Å². The molecule has 0 radical (unpaired) electrons. The van der Waals surface area contributed by atoms with Crippen molar-refractivity contribution in [2.24, 2.45) is 11.3 Å². The van der Waals surface area contributed by atoms with Crippen molar-refractivity contribution < 1.29 is 0 Å². The lowest BCUT2D eigenvalue weighted by atomic mass is 9.72. The van der Waals surface area contributed by atoms with Crippen molar-refractivity contribution in [2.45, 2.75) is 78.7 Å². The van der Waals surface area contributed by atoms with Crippen LogP contribution < -0.4 is 5.32 Å². The summed E-state index contributed by atoms with van der Waals surface area (Å²) in [5.74, 6) is 0.960. The molecule has 1 N–H and O–H groups in total. The maximum atomic E-state index is 3.72. The Bertz CT molecular complexity index is 198. The molecule has 0 aromatic heterocycles. The quantitative estimate of drug-likeness (QED) is 0.732. The number of hydrogen-bond donors (Lipinski definition) is 1. The van der Waals surface area contributed by atoms with Gasteiger partial charge in [0, 0.05) is 12.1 Å². The summed E-state index contributed by atoms with van der Waals surface area (Å²) in [6.45, 7) is 12.8. The van der Waals surface area contributed by atoms with E-state index in [9.17, 15) is 0 Å². The maximum Gasteiger partial charge on any atom is 0.00967 e. The normalized spacial score (nSPS) is 22.3. The molecule has 1 saturated carbocycles. The summed E-state index contributed by atoms with van der Waals surface area (Å²) in [4.78, 5) is 0. The molecule has 1 atom stereocenters. The summed E-state index contributed by atoms with van der Waals surface area (Å²) in [5.41, 5.74) is 0.784. The largest absolute Gasteiger partial charge is 0.312 e. The first-order valence-electron chi connectivity index (χ1n) is 7.12. The van der Waals surface area contributed by atoms with Gasteiger partial charge in [0.1, 0.15) is 0 Å². The Morgan fingerprint density at radius 3 is 2.06 bits per heavy atom. The molecular weight excluding hydrogens is 194 g/mol. The molecule has 1 rings (SSSR count). The second-order valence-electron chi connectivity index (χ2n) is 6.99. The van der Waals surface area contributed by atoms with Crippen LogP contribution in [0, 0.1) is 11.3 Å². The van der Waals surface area contributed by atoms with Crippen LogP contribution in [0.3, 0.4) is 0 Å². The molecule has 1 aliphatic rings. The molecule has 96 valence electrons. The van der Waals surface area contributed by atoms with Gasteiger partial charge in [0.05, 0.1) is 0 Å². The lowest BCUT2D eigenvalue weighted by Gasteiger charge is -2.38. The Kier molecular flexibility index (Phi) is 4.85. The van der Waals surface area contributed by atoms with E-state index in [4.69, 9.17) is 0 Å². The minimum Gasteiger partial charge on any atom is -0.312 e. The molecule has 0 bridgehead atoms. The van der Waals surface area contributed by atoms with Crippen molar-refractivity contribution in [3.05, 3.63) is 0 Å². The first-order valence-corrected chi connectivity index (χ1v) is 7.12. The summed E-state index contributed by atoms with van der Waals surface area (Å²) < 4.78 is 0. The van der Waals surface area contributed by atoms with Crippen LogP contribution in [0.1, 0.15) is 73.1 Å². The van der Waals surface area contributed by atoms with Crippen LogP contribution in [0.4, 0.5) is 0 Å². The van der Waals surface area contributed by atoms with Crippen molar-refractivity contribution in [3.63, 3.8) is 0 Å². The van der Waals surface area contributed by atoms with Gasteiger partial charge in [-0.25, -0.2) is 0 Å². The van der Waals surface area contributed by atoms with E-state index in [1.54, 1.807) is 0 Å². The van der Waals surface area contributed by atoms with E-state index in [1.165, 1.54) is 45.1 Å².